The van der Waals surface area contributed by atoms with Gasteiger partial charge in [-0.15, -0.1) is 11.3 Å². The Morgan fingerprint density at radius 2 is 2.07 bits per heavy atom. The van der Waals surface area contributed by atoms with Crippen molar-refractivity contribution in [2.24, 2.45) is 5.92 Å². The van der Waals surface area contributed by atoms with Gasteiger partial charge in [0.05, 0.1) is 11.6 Å². The molecule has 9 heteroatoms. The van der Waals surface area contributed by atoms with Crippen LogP contribution in [0.5, 0.6) is 0 Å². The van der Waals surface area contributed by atoms with E-state index < -0.39 is 0 Å². The van der Waals surface area contributed by atoms with Crippen LogP contribution in [-0.4, -0.2) is 40.8 Å². The molecule has 148 valence electrons. The Morgan fingerprint density at radius 3 is 2.82 bits per heavy atom. The van der Waals surface area contributed by atoms with Crippen molar-refractivity contribution < 1.29 is 14.4 Å². The van der Waals surface area contributed by atoms with Crippen LogP contribution in [-0.2, 0) is 27.2 Å². The van der Waals surface area contributed by atoms with E-state index in [0.29, 0.717) is 43.9 Å². The van der Waals surface area contributed by atoms with Gasteiger partial charge in [-0.2, -0.15) is 0 Å². The Labute approximate surface area is 167 Å². The third-order valence-corrected chi connectivity index (χ3v) is 5.32. The number of amides is 3. The fourth-order valence-electron chi connectivity index (χ4n) is 2.87. The highest BCUT2D eigenvalue weighted by molar-refractivity contribution is 7.13. The number of pyridine rings is 1. The van der Waals surface area contributed by atoms with Gasteiger partial charge in [-0.25, -0.2) is 4.98 Å². The van der Waals surface area contributed by atoms with Crippen LogP contribution in [0.15, 0.2) is 29.9 Å². The van der Waals surface area contributed by atoms with Crippen molar-refractivity contribution in [1.29, 1.82) is 0 Å². The predicted octanol–water partition coefficient (Wildman–Crippen LogP) is 1.29. The first-order chi connectivity index (χ1) is 13.6. The summed E-state index contributed by atoms with van der Waals surface area (Å²) >= 11 is 1.34. The second-order valence-electron chi connectivity index (χ2n) is 6.63. The molecule has 1 unspecified atom stereocenters. The summed E-state index contributed by atoms with van der Waals surface area (Å²) < 4.78 is 0. The molecule has 1 atom stereocenters. The molecule has 0 saturated carbocycles. The molecule has 0 radical (unpaired) electrons. The Hall–Kier alpha value is -2.81. The van der Waals surface area contributed by atoms with E-state index in [1.54, 1.807) is 12.4 Å². The number of thiazole rings is 1. The minimum atomic E-state index is -0.226. The Bertz CT molecular complexity index is 814. The first-order valence-corrected chi connectivity index (χ1v) is 10.2. The maximum Gasteiger partial charge on any atom is 0.231 e. The molecule has 2 aromatic rings. The highest BCUT2D eigenvalue weighted by Gasteiger charge is 2.25. The zero-order valence-corrected chi connectivity index (χ0v) is 16.3. The lowest BCUT2D eigenvalue weighted by Crippen LogP contribution is -2.40. The van der Waals surface area contributed by atoms with E-state index in [4.69, 9.17) is 0 Å². The van der Waals surface area contributed by atoms with E-state index in [1.807, 2.05) is 17.5 Å². The average molecular weight is 401 g/mol. The molecule has 0 aromatic carbocycles. The van der Waals surface area contributed by atoms with Gasteiger partial charge < -0.3 is 16.0 Å². The van der Waals surface area contributed by atoms with Crippen molar-refractivity contribution in [3.63, 3.8) is 0 Å². The smallest absolute Gasteiger partial charge is 0.231 e. The Balaban J connectivity index is 1.36. The van der Waals surface area contributed by atoms with E-state index in [9.17, 15) is 14.4 Å². The summed E-state index contributed by atoms with van der Waals surface area (Å²) in [6.07, 6.45) is 6.03. The number of anilines is 1. The summed E-state index contributed by atoms with van der Waals surface area (Å²) in [7, 11) is 0. The quantitative estimate of drug-likeness (QED) is 0.617. The number of hydrogen-bond acceptors (Lipinski definition) is 6. The van der Waals surface area contributed by atoms with Crippen molar-refractivity contribution in [2.75, 3.05) is 18.4 Å². The first kappa shape index (κ1) is 19.9. The number of nitrogens with one attached hydrogen (secondary N) is 3. The monoisotopic (exact) mass is 401 g/mol. The topological polar surface area (TPSA) is 113 Å². The van der Waals surface area contributed by atoms with Gasteiger partial charge in [0.25, 0.3) is 0 Å². The van der Waals surface area contributed by atoms with Crippen LogP contribution in [0.2, 0.25) is 0 Å². The number of nitrogens with zero attached hydrogens (tertiary/aromatic N) is 2. The number of carbonyl (C=O) groups excluding carboxylic acids is 3. The fourth-order valence-corrected chi connectivity index (χ4v) is 3.62. The van der Waals surface area contributed by atoms with Crippen LogP contribution in [0.1, 0.15) is 30.5 Å². The number of piperidine rings is 1. The molecule has 0 bridgehead atoms. The zero-order valence-electron chi connectivity index (χ0n) is 15.4. The van der Waals surface area contributed by atoms with Crippen LogP contribution >= 0.6 is 11.3 Å². The van der Waals surface area contributed by atoms with Crippen LogP contribution in [0, 0.1) is 5.92 Å². The summed E-state index contributed by atoms with van der Waals surface area (Å²) in [5, 5.41) is 10.8. The summed E-state index contributed by atoms with van der Waals surface area (Å²) in [6, 6.07) is 3.86. The van der Waals surface area contributed by atoms with E-state index in [2.05, 4.69) is 25.9 Å². The van der Waals surface area contributed by atoms with Crippen molar-refractivity contribution in [3.05, 3.63) is 41.2 Å². The van der Waals surface area contributed by atoms with Gasteiger partial charge >= 0.3 is 0 Å². The van der Waals surface area contributed by atoms with Gasteiger partial charge in [0.2, 0.25) is 17.7 Å². The van der Waals surface area contributed by atoms with Crippen LogP contribution < -0.4 is 16.0 Å². The van der Waals surface area contributed by atoms with Gasteiger partial charge in [0, 0.05) is 43.7 Å². The molecular formula is C19H23N5O3S. The number of carbonyl (C=O) groups is 3. The molecule has 0 spiro atoms. The van der Waals surface area contributed by atoms with Gasteiger partial charge in [0.1, 0.15) is 0 Å². The first-order valence-electron chi connectivity index (χ1n) is 9.27. The number of rotatable bonds is 8. The van der Waals surface area contributed by atoms with E-state index >= 15 is 0 Å². The summed E-state index contributed by atoms with van der Waals surface area (Å²) in [5.74, 6) is -0.392. The Kier molecular flexibility index (Phi) is 7.07. The van der Waals surface area contributed by atoms with Gasteiger partial charge in [-0.05, 0) is 37.0 Å². The summed E-state index contributed by atoms with van der Waals surface area (Å²) in [5.41, 5.74) is 1.91. The standard InChI is InChI=1S/C19H23N5O3S/c25-16(21-10-7-13-5-8-20-9-6-13)4-2-15-12-28-19(23-15)24-18(27)14-1-3-17(26)22-11-14/h5-6,8-9,12,14H,1-4,7,10-11H2,(H,21,25)(H,22,26)(H,23,24,27). The molecule has 28 heavy (non-hydrogen) atoms. The van der Waals surface area contributed by atoms with Crippen molar-refractivity contribution in [2.45, 2.75) is 32.1 Å². The van der Waals surface area contributed by atoms with Crippen LogP contribution in [0.25, 0.3) is 0 Å². The SMILES string of the molecule is O=C(CCc1csc(NC(=O)C2CCC(=O)NC2)n1)NCCc1ccncc1. The summed E-state index contributed by atoms with van der Waals surface area (Å²) in [4.78, 5) is 43.7. The highest BCUT2D eigenvalue weighted by Crippen LogP contribution is 2.19. The highest BCUT2D eigenvalue weighted by atomic mass is 32.1. The summed E-state index contributed by atoms with van der Waals surface area (Å²) in [6.45, 7) is 0.946. The minimum Gasteiger partial charge on any atom is -0.356 e. The maximum atomic E-state index is 12.2. The maximum absolute atomic E-state index is 12.2. The molecule has 8 nitrogen and oxygen atoms in total. The molecule has 2 aromatic heterocycles. The predicted molar refractivity (Wildman–Crippen MR) is 106 cm³/mol. The largest absolute Gasteiger partial charge is 0.356 e. The second-order valence-corrected chi connectivity index (χ2v) is 7.49. The molecule has 3 rings (SSSR count). The normalized spacial score (nSPS) is 16.3. The zero-order chi connectivity index (χ0) is 19.8. The van der Waals surface area contributed by atoms with Crippen molar-refractivity contribution in [3.8, 4) is 0 Å². The van der Waals surface area contributed by atoms with Gasteiger partial charge in [-0.3, -0.25) is 19.4 Å². The minimum absolute atomic E-state index is 0.0142. The van der Waals surface area contributed by atoms with Crippen molar-refractivity contribution >= 4 is 34.2 Å². The molecule has 3 heterocycles. The van der Waals surface area contributed by atoms with Crippen LogP contribution in [0.3, 0.4) is 0 Å². The number of aryl methyl sites for hydroxylation is 1. The number of aromatic nitrogens is 2. The molecule has 3 amide bonds. The molecule has 0 aliphatic carbocycles. The molecule has 1 aliphatic rings. The number of hydrogen-bond donors (Lipinski definition) is 3. The molecule has 1 saturated heterocycles. The lowest BCUT2D eigenvalue weighted by molar-refractivity contribution is -0.126. The third kappa shape index (κ3) is 6.12. The van der Waals surface area contributed by atoms with E-state index in [-0.39, 0.29) is 23.6 Å². The van der Waals surface area contributed by atoms with E-state index in [0.717, 1.165) is 17.7 Å². The lowest BCUT2D eigenvalue weighted by Gasteiger charge is -2.20. The molecule has 1 fully saturated rings. The second kappa shape index (κ2) is 9.93. The fraction of sp³-hybridized carbons (Fsp3) is 0.421. The Morgan fingerprint density at radius 1 is 1.25 bits per heavy atom. The van der Waals surface area contributed by atoms with E-state index in [1.165, 1.54) is 11.3 Å². The van der Waals surface area contributed by atoms with Crippen molar-refractivity contribution in [1.82, 2.24) is 20.6 Å². The average Bonchev–Trinajstić information content (AvgIpc) is 3.15. The van der Waals surface area contributed by atoms with Gasteiger partial charge in [-0.1, -0.05) is 0 Å². The third-order valence-electron chi connectivity index (χ3n) is 4.51. The lowest BCUT2D eigenvalue weighted by atomic mass is 9.98. The molecular weight excluding hydrogens is 378 g/mol. The molecule has 1 aliphatic heterocycles. The van der Waals surface area contributed by atoms with Gasteiger partial charge in [0.15, 0.2) is 5.13 Å². The molecule has 3 N–H and O–H groups in total. The van der Waals surface area contributed by atoms with Crippen LogP contribution in [0.4, 0.5) is 5.13 Å².